The minimum atomic E-state index is -1.03. The van der Waals surface area contributed by atoms with Crippen LogP contribution in [0.25, 0.3) is 21.9 Å². The molecule has 0 saturated heterocycles. The van der Waals surface area contributed by atoms with E-state index in [0.29, 0.717) is 35.3 Å². The van der Waals surface area contributed by atoms with Gasteiger partial charge in [-0.05, 0) is 63.9 Å². The molecule has 224 valence electrons. The lowest BCUT2D eigenvalue weighted by molar-refractivity contribution is -0.138. The zero-order valence-electron chi connectivity index (χ0n) is 24.4. The van der Waals surface area contributed by atoms with Crippen molar-refractivity contribution in [3.05, 3.63) is 95.1 Å². The second kappa shape index (κ2) is 15.2. The molecule has 1 atom stereocenters. The minimum absolute atomic E-state index is 0.230. The quantitative estimate of drug-likeness (QED) is 0.119. The number of benzene rings is 3. The monoisotopic (exact) mass is 600 g/mol. The van der Waals surface area contributed by atoms with E-state index in [1.165, 1.54) is 10.9 Å². The van der Waals surface area contributed by atoms with Crippen molar-refractivity contribution >= 4 is 46.0 Å². The summed E-state index contributed by atoms with van der Waals surface area (Å²) in [6.07, 6.45) is 2.98. The molecule has 0 aliphatic carbocycles. The molecule has 0 radical (unpaired) electrons. The first-order valence-electron chi connectivity index (χ1n) is 14.5. The summed E-state index contributed by atoms with van der Waals surface area (Å²) in [6, 6.07) is 22.9. The maximum atomic E-state index is 12.6. The van der Waals surface area contributed by atoms with Crippen molar-refractivity contribution in [3.63, 3.8) is 0 Å². The Morgan fingerprint density at radius 1 is 0.907 bits per heavy atom. The Bertz CT molecular complexity index is 1570. The average molecular weight is 601 g/mol. The molecule has 1 heterocycles. The standard InChI is InChI=1S/C34H37ClN4O4/c1-22(2)26-14-15-27(29-8-4-3-7-28(26)29)23-10-12-24(13-11-23)30(20-34(42)43)39-33(41)21-38-32(40)9-5-6-17-36-31-19-25(35)16-18-37-31/h3-4,7-8,10-16,18-19,22,30H,5-6,9,17,20-21H2,1-2H3,(H,36,37)(H,38,40)(H,39,41)(H,42,43). The van der Waals surface area contributed by atoms with Gasteiger partial charge in [-0.25, -0.2) is 4.98 Å². The molecule has 43 heavy (non-hydrogen) atoms. The molecule has 2 amide bonds. The van der Waals surface area contributed by atoms with E-state index in [0.717, 1.165) is 22.9 Å². The smallest absolute Gasteiger partial charge is 0.305 e. The number of hydrogen-bond donors (Lipinski definition) is 4. The van der Waals surface area contributed by atoms with Gasteiger partial charge in [0.2, 0.25) is 11.8 Å². The van der Waals surface area contributed by atoms with Crippen LogP contribution in [-0.2, 0) is 14.4 Å². The normalized spacial score (nSPS) is 11.7. The Morgan fingerprint density at radius 3 is 2.35 bits per heavy atom. The first-order valence-corrected chi connectivity index (χ1v) is 14.8. The van der Waals surface area contributed by atoms with E-state index in [2.05, 4.69) is 59.0 Å². The molecule has 9 heteroatoms. The van der Waals surface area contributed by atoms with Crippen molar-refractivity contribution in [1.82, 2.24) is 15.6 Å². The lowest BCUT2D eigenvalue weighted by Gasteiger charge is -2.19. The average Bonchev–Trinajstić information content (AvgIpc) is 2.99. The van der Waals surface area contributed by atoms with Gasteiger partial charge in [0, 0.05) is 24.2 Å². The van der Waals surface area contributed by atoms with Crippen LogP contribution < -0.4 is 16.0 Å². The predicted octanol–water partition coefficient (Wildman–Crippen LogP) is 6.71. The highest BCUT2D eigenvalue weighted by molar-refractivity contribution is 6.30. The number of amides is 2. The van der Waals surface area contributed by atoms with Crippen LogP contribution in [-0.4, -0.2) is 41.0 Å². The molecule has 3 aromatic carbocycles. The molecule has 0 fully saturated rings. The molecule has 0 aliphatic rings. The fourth-order valence-corrected chi connectivity index (χ4v) is 5.20. The molecular weight excluding hydrogens is 564 g/mol. The van der Waals surface area contributed by atoms with Crippen molar-refractivity contribution in [2.75, 3.05) is 18.4 Å². The van der Waals surface area contributed by atoms with Gasteiger partial charge >= 0.3 is 5.97 Å². The van der Waals surface area contributed by atoms with E-state index < -0.39 is 17.9 Å². The number of nitrogens with one attached hydrogen (secondary N) is 3. The Balaban J connectivity index is 1.31. The molecule has 0 spiro atoms. The Morgan fingerprint density at radius 2 is 1.65 bits per heavy atom. The van der Waals surface area contributed by atoms with Gasteiger partial charge in [-0.2, -0.15) is 0 Å². The summed E-state index contributed by atoms with van der Waals surface area (Å²) in [5.74, 6) is -0.659. The minimum Gasteiger partial charge on any atom is -0.481 e. The predicted molar refractivity (Wildman–Crippen MR) is 171 cm³/mol. The Labute approximate surface area is 256 Å². The summed E-state index contributed by atoms with van der Waals surface area (Å²) in [7, 11) is 0. The molecule has 0 bridgehead atoms. The van der Waals surface area contributed by atoms with E-state index in [9.17, 15) is 19.5 Å². The highest BCUT2D eigenvalue weighted by Crippen LogP contribution is 2.34. The van der Waals surface area contributed by atoms with E-state index in [1.807, 2.05) is 36.4 Å². The van der Waals surface area contributed by atoms with Crippen LogP contribution in [0.15, 0.2) is 79.0 Å². The molecule has 8 nitrogen and oxygen atoms in total. The fraction of sp³-hybridized carbons (Fsp3) is 0.294. The largest absolute Gasteiger partial charge is 0.481 e. The topological polar surface area (TPSA) is 120 Å². The van der Waals surface area contributed by atoms with Crippen LogP contribution in [0.4, 0.5) is 5.82 Å². The zero-order valence-corrected chi connectivity index (χ0v) is 25.2. The van der Waals surface area contributed by atoms with Gasteiger partial charge in [0.25, 0.3) is 0 Å². The Kier molecular flexibility index (Phi) is 11.1. The Hall–Kier alpha value is -4.43. The third kappa shape index (κ3) is 9.03. The number of rotatable bonds is 14. The molecule has 0 saturated carbocycles. The van der Waals surface area contributed by atoms with Crippen LogP contribution in [0.3, 0.4) is 0 Å². The molecular formula is C34H37ClN4O4. The lowest BCUT2D eigenvalue weighted by Crippen LogP contribution is -2.39. The van der Waals surface area contributed by atoms with E-state index >= 15 is 0 Å². The molecule has 0 aliphatic heterocycles. The van der Waals surface area contributed by atoms with Crippen molar-refractivity contribution in [1.29, 1.82) is 0 Å². The number of unbranched alkanes of at least 4 members (excludes halogenated alkanes) is 1. The number of pyridine rings is 1. The van der Waals surface area contributed by atoms with E-state index in [4.69, 9.17) is 11.6 Å². The number of halogens is 1. The van der Waals surface area contributed by atoms with Gasteiger partial charge in [-0.1, -0.05) is 86.1 Å². The molecule has 1 aromatic heterocycles. The third-order valence-electron chi connectivity index (χ3n) is 7.22. The van der Waals surface area contributed by atoms with Crippen molar-refractivity contribution in [3.8, 4) is 11.1 Å². The lowest BCUT2D eigenvalue weighted by atomic mass is 9.90. The van der Waals surface area contributed by atoms with Crippen LogP contribution in [0.2, 0.25) is 5.02 Å². The van der Waals surface area contributed by atoms with Crippen molar-refractivity contribution < 1.29 is 19.5 Å². The van der Waals surface area contributed by atoms with Gasteiger partial charge in [0.1, 0.15) is 5.82 Å². The molecule has 4 N–H and O–H groups in total. The highest BCUT2D eigenvalue weighted by Gasteiger charge is 2.19. The molecule has 1 unspecified atom stereocenters. The number of aliphatic carboxylic acids is 1. The van der Waals surface area contributed by atoms with E-state index in [-0.39, 0.29) is 25.3 Å². The number of aromatic nitrogens is 1. The van der Waals surface area contributed by atoms with Crippen molar-refractivity contribution in [2.24, 2.45) is 0 Å². The number of hydrogen-bond acceptors (Lipinski definition) is 5. The van der Waals surface area contributed by atoms with Gasteiger partial charge < -0.3 is 21.1 Å². The molecule has 4 aromatic rings. The van der Waals surface area contributed by atoms with Gasteiger partial charge in [-0.15, -0.1) is 0 Å². The number of nitrogens with zero attached hydrogens (tertiary/aromatic N) is 1. The number of fused-ring (bicyclic) bond motifs is 1. The van der Waals surface area contributed by atoms with Crippen molar-refractivity contribution in [2.45, 2.75) is 51.5 Å². The summed E-state index contributed by atoms with van der Waals surface area (Å²) in [5.41, 5.74) is 4.05. The second-order valence-corrected chi connectivity index (χ2v) is 11.2. The van der Waals surface area contributed by atoms with Gasteiger partial charge in [0.05, 0.1) is 19.0 Å². The molecule has 4 rings (SSSR count). The summed E-state index contributed by atoms with van der Waals surface area (Å²) < 4.78 is 0. The van der Waals surface area contributed by atoms with Crippen LogP contribution in [0.1, 0.15) is 62.6 Å². The number of anilines is 1. The number of carboxylic acids is 1. The first kappa shape index (κ1) is 31.5. The number of carbonyl (C=O) groups is 3. The first-order chi connectivity index (χ1) is 20.7. The van der Waals surface area contributed by atoms with Crippen LogP contribution in [0.5, 0.6) is 0 Å². The summed E-state index contributed by atoms with van der Waals surface area (Å²) in [4.78, 5) is 40.7. The summed E-state index contributed by atoms with van der Waals surface area (Å²) in [5, 5.41) is 21.0. The van der Waals surface area contributed by atoms with Gasteiger partial charge in [0.15, 0.2) is 0 Å². The second-order valence-electron chi connectivity index (χ2n) is 10.8. The van der Waals surface area contributed by atoms with Crippen LogP contribution in [0, 0.1) is 0 Å². The fourth-order valence-electron chi connectivity index (χ4n) is 5.04. The van der Waals surface area contributed by atoms with Gasteiger partial charge in [-0.3, -0.25) is 14.4 Å². The highest BCUT2D eigenvalue weighted by atomic mass is 35.5. The maximum absolute atomic E-state index is 12.6. The maximum Gasteiger partial charge on any atom is 0.305 e. The third-order valence-corrected chi connectivity index (χ3v) is 7.46. The van der Waals surface area contributed by atoms with Crippen LogP contribution >= 0.6 is 11.6 Å². The summed E-state index contributed by atoms with van der Waals surface area (Å²) >= 11 is 5.94. The SMILES string of the molecule is CC(C)c1ccc(-c2ccc(C(CC(=O)O)NC(=O)CNC(=O)CCCCNc3cc(Cl)ccn3)cc2)c2ccccc12. The van der Waals surface area contributed by atoms with E-state index in [1.54, 1.807) is 18.3 Å². The number of carbonyl (C=O) groups excluding carboxylic acids is 2. The zero-order chi connectivity index (χ0) is 30.8. The number of carboxylic acid groups (broad SMARTS) is 1. The summed E-state index contributed by atoms with van der Waals surface area (Å²) in [6.45, 7) is 4.77.